The first-order valence-electron chi connectivity index (χ1n) is 9.57. The van der Waals surface area contributed by atoms with Gasteiger partial charge in [0.2, 0.25) is 0 Å². The van der Waals surface area contributed by atoms with E-state index in [9.17, 15) is 18.4 Å². The predicted octanol–water partition coefficient (Wildman–Crippen LogP) is 5.53. The van der Waals surface area contributed by atoms with E-state index in [0.717, 1.165) is 0 Å². The van der Waals surface area contributed by atoms with Gasteiger partial charge in [-0.05, 0) is 67.8 Å². The number of esters is 2. The second-order valence-corrected chi connectivity index (χ2v) is 7.27. The normalized spacial score (nSPS) is 15.3. The number of carbonyl (C=O) groups excluding carboxylic acids is 2. The molecule has 1 aliphatic heterocycles. The highest BCUT2D eigenvalue weighted by molar-refractivity contribution is 6.26. The van der Waals surface area contributed by atoms with E-state index in [1.165, 1.54) is 48.5 Å². The van der Waals surface area contributed by atoms with Crippen molar-refractivity contribution in [3.63, 3.8) is 0 Å². The van der Waals surface area contributed by atoms with Gasteiger partial charge in [0.05, 0.1) is 11.1 Å². The molecule has 1 fully saturated rings. The third-order valence-electron chi connectivity index (χ3n) is 5.18. The number of ether oxygens (including phenoxy) is 1. The summed E-state index contributed by atoms with van der Waals surface area (Å²) in [6.07, 6.45) is 0. The van der Waals surface area contributed by atoms with Crippen LogP contribution in [0.4, 0.5) is 8.78 Å². The van der Waals surface area contributed by atoms with E-state index >= 15 is 0 Å². The number of hydrogen-bond donors (Lipinski definition) is 0. The van der Waals surface area contributed by atoms with Crippen LogP contribution in [0, 0.1) is 25.5 Å². The molecule has 1 saturated heterocycles. The lowest BCUT2D eigenvalue weighted by Crippen LogP contribution is -2.03. The van der Waals surface area contributed by atoms with E-state index in [4.69, 9.17) is 9.15 Å². The summed E-state index contributed by atoms with van der Waals surface area (Å²) in [6.45, 7) is 5.25. The molecule has 0 bridgehead atoms. The Morgan fingerprint density at radius 1 is 0.774 bits per heavy atom. The van der Waals surface area contributed by atoms with Gasteiger partial charge in [-0.3, -0.25) is 0 Å². The smallest absolute Gasteiger partial charge is 0.347 e. The molecule has 0 radical (unpaired) electrons. The summed E-state index contributed by atoms with van der Waals surface area (Å²) in [5.74, 6) is -1.24. The van der Waals surface area contributed by atoms with Crippen molar-refractivity contribution in [2.24, 2.45) is 0 Å². The molecule has 156 valence electrons. The van der Waals surface area contributed by atoms with E-state index in [2.05, 4.69) is 0 Å². The van der Waals surface area contributed by atoms with Gasteiger partial charge in [-0.1, -0.05) is 24.3 Å². The molecule has 4 rings (SSSR count). The fraction of sp³-hybridized carbons (Fsp3) is 0.120. The van der Waals surface area contributed by atoms with Gasteiger partial charge >= 0.3 is 11.9 Å². The summed E-state index contributed by atoms with van der Waals surface area (Å²) >= 11 is 0. The molecule has 0 amide bonds. The van der Waals surface area contributed by atoms with Crippen molar-refractivity contribution in [2.45, 2.75) is 20.8 Å². The summed E-state index contributed by atoms with van der Waals surface area (Å²) in [5.41, 5.74) is 2.65. The molecule has 1 aliphatic rings. The molecule has 0 unspecified atom stereocenters. The Labute approximate surface area is 177 Å². The molecule has 6 heteroatoms. The number of hydrogen-bond acceptors (Lipinski definition) is 4. The van der Waals surface area contributed by atoms with Gasteiger partial charge in [0.15, 0.2) is 0 Å². The minimum absolute atomic E-state index is 0.0407. The zero-order chi connectivity index (χ0) is 22.3. The Morgan fingerprint density at radius 2 is 1.26 bits per heavy atom. The van der Waals surface area contributed by atoms with Crippen LogP contribution in [0.5, 0.6) is 0 Å². The van der Waals surface area contributed by atoms with Crippen LogP contribution in [0.25, 0.3) is 11.1 Å². The monoisotopic (exact) mass is 420 g/mol. The van der Waals surface area contributed by atoms with E-state index in [1.54, 1.807) is 26.8 Å². The lowest BCUT2D eigenvalue weighted by Gasteiger charge is -2.13. The number of halogens is 2. The topological polar surface area (TPSA) is 56.5 Å². The van der Waals surface area contributed by atoms with Crippen LogP contribution in [0.1, 0.15) is 35.1 Å². The summed E-state index contributed by atoms with van der Waals surface area (Å²) in [7, 11) is 0. The Bertz CT molecular complexity index is 1210. The predicted molar refractivity (Wildman–Crippen MR) is 111 cm³/mol. The molecule has 0 aliphatic carbocycles. The molecule has 2 aromatic carbocycles. The highest BCUT2D eigenvalue weighted by atomic mass is 19.1. The molecule has 31 heavy (non-hydrogen) atoms. The number of cyclic esters (lactones) is 2. The van der Waals surface area contributed by atoms with Crippen molar-refractivity contribution in [1.29, 1.82) is 0 Å². The molecule has 0 N–H and O–H groups in total. The van der Waals surface area contributed by atoms with Crippen molar-refractivity contribution in [3.8, 4) is 0 Å². The fourth-order valence-electron chi connectivity index (χ4n) is 3.78. The maximum atomic E-state index is 13.6. The fourth-order valence-corrected chi connectivity index (χ4v) is 3.78. The Morgan fingerprint density at radius 3 is 1.71 bits per heavy atom. The summed E-state index contributed by atoms with van der Waals surface area (Å²) in [4.78, 5) is 25.6. The number of furan rings is 1. The first-order chi connectivity index (χ1) is 14.8. The number of aryl methyl sites for hydroxylation is 2. The summed E-state index contributed by atoms with van der Waals surface area (Å²) < 4.78 is 37.7. The number of rotatable bonds is 3. The van der Waals surface area contributed by atoms with Gasteiger partial charge < -0.3 is 9.15 Å². The van der Waals surface area contributed by atoms with Crippen molar-refractivity contribution >= 4 is 23.1 Å². The molecule has 2 heterocycles. The Kier molecular flexibility index (Phi) is 5.15. The molecular weight excluding hydrogens is 402 g/mol. The Hall–Kier alpha value is -3.80. The lowest BCUT2D eigenvalue weighted by atomic mass is 9.87. The second kappa shape index (κ2) is 7.80. The van der Waals surface area contributed by atoms with Gasteiger partial charge in [-0.25, -0.2) is 18.4 Å². The van der Waals surface area contributed by atoms with Crippen LogP contribution >= 0.6 is 0 Å². The van der Waals surface area contributed by atoms with Crippen molar-refractivity contribution < 1.29 is 27.5 Å². The van der Waals surface area contributed by atoms with Crippen LogP contribution in [0.3, 0.4) is 0 Å². The maximum absolute atomic E-state index is 13.6. The van der Waals surface area contributed by atoms with Crippen molar-refractivity contribution in [1.82, 2.24) is 0 Å². The summed E-state index contributed by atoms with van der Waals surface area (Å²) in [5, 5.41) is 0. The first kappa shape index (κ1) is 20.5. The molecule has 0 saturated carbocycles. The largest absolute Gasteiger partial charge is 0.466 e. The maximum Gasteiger partial charge on any atom is 0.347 e. The molecule has 0 spiro atoms. The van der Waals surface area contributed by atoms with Gasteiger partial charge in [-0.15, -0.1) is 0 Å². The minimum Gasteiger partial charge on any atom is -0.466 e. The van der Waals surface area contributed by atoms with Crippen LogP contribution < -0.4 is 0 Å². The summed E-state index contributed by atoms with van der Waals surface area (Å²) in [6, 6.07) is 12.8. The Balaban J connectivity index is 2.07. The van der Waals surface area contributed by atoms with Crippen LogP contribution in [-0.4, -0.2) is 11.9 Å². The lowest BCUT2D eigenvalue weighted by molar-refractivity contribution is -0.149. The SMILES string of the molecule is C/C(=C1/C(=O)OC(=O)C1=C(c1ccc(F)cc1)c1ccc(F)cc1)c1cc(C)oc1C. The third-order valence-corrected chi connectivity index (χ3v) is 5.18. The highest BCUT2D eigenvalue weighted by Crippen LogP contribution is 2.39. The minimum atomic E-state index is -0.819. The van der Waals surface area contributed by atoms with Gasteiger partial charge in [0.1, 0.15) is 23.2 Å². The molecule has 0 atom stereocenters. The van der Waals surface area contributed by atoms with E-state index < -0.39 is 23.6 Å². The van der Waals surface area contributed by atoms with E-state index in [1.807, 2.05) is 0 Å². The molecular formula is C25H18F2O4. The standard InChI is InChI=1S/C25H18F2O4/c1-13-12-20(15(3)30-13)14(2)21-23(25(29)31-24(21)28)22(16-4-8-18(26)9-5-16)17-6-10-19(27)11-7-17/h4-12H,1-3H3/b21-14-. The quantitative estimate of drug-likeness (QED) is 0.317. The average Bonchev–Trinajstić information content (AvgIpc) is 3.22. The van der Waals surface area contributed by atoms with Crippen molar-refractivity contribution in [3.05, 3.63) is 106 Å². The second-order valence-electron chi connectivity index (χ2n) is 7.27. The average molecular weight is 420 g/mol. The van der Waals surface area contributed by atoms with Crippen LogP contribution in [0.15, 0.2) is 70.2 Å². The number of allylic oxidation sites excluding steroid dienone is 1. The van der Waals surface area contributed by atoms with Crippen LogP contribution in [0.2, 0.25) is 0 Å². The first-order valence-corrected chi connectivity index (χ1v) is 9.57. The van der Waals surface area contributed by atoms with E-state index in [0.29, 0.717) is 39.4 Å². The highest BCUT2D eigenvalue weighted by Gasteiger charge is 2.39. The third kappa shape index (κ3) is 3.72. The number of benzene rings is 2. The van der Waals surface area contributed by atoms with E-state index in [-0.39, 0.29) is 11.1 Å². The molecule has 4 nitrogen and oxygen atoms in total. The molecule has 1 aromatic heterocycles. The number of carbonyl (C=O) groups is 2. The van der Waals surface area contributed by atoms with Crippen LogP contribution in [-0.2, 0) is 14.3 Å². The zero-order valence-corrected chi connectivity index (χ0v) is 17.1. The van der Waals surface area contributed by atoms with Gasteiger partial charge in [-0.2, -0.15) is 0 Å². The van der Waals surface area contributed by atoms with Crippen molar-refractivity contribution in [2.75, 3.05) is 0 Å². The van der Waals surface area contributed by atoms with Gasteiger partial charge in [0.25, 0.3) is 0 Å². The zero-order valence-electron chi connectivity index (χ0n) is 17.1. The van der Waals surface area contributed by atoms with Gasteiger partial charge in [0, 0.05) is 11.1 Å². The molecule has 3 aromatic rings.